The quantitative estimate of drug-likeness (QED) is 0.569. The number of phenols is 1. The van der Waals surface area contributed by atoms with E-state index in [1.165, 1.54) is 35.6 Å². The summed E-state index contributed by atoms with van der Waals surface area (Å²) in [5.74, 6) is -2.00. The SMILES string of the molecule is O=C(/C=C/c1ccc(Br)s1)Nc1ccc(O)c(C(=O)O)c1. The number of carbonyl (C=O) groups excluding carboxylic acids is 1. The van der Waals surface area contributed by atoms with Crippen LogP contribution in [0.25, 0.3) is 6.08 Å². The van der Waals surface area contributed by atoms with Crippen molar-refractivity contribution in [2.45, 2.75) is 0 Å². The maximum Gasteiger partial charge on any atom is 0.339 e. The highest BCUT2D eigenvalue weighted by Gasteiger charge is 2.10. The van der Waals surface area contributed by atoms with E-state index in [4.69, 9.17) is 5.11 Å². The van der Waals surface area contributed by atoms with Crippen molar-refractivity contribution in [3.05, 3.63) is 50.6 Å². The van der Waals surface area contributed by atoms with Crippen LogP contribution >= 0.6 is 27.3 Å². The maximum absolute atomic E-state index is 11.7. The number of anilines is 1. The Kier molecular flexibility index (Phi) is 4.77. The van der Waals surface area contributed by atoms with E-state index in [0.29, 0.717) is 5.69 Å². The van der Waals surface area contributed by atoms with Crippen LogP contribution in [0.4, 0.5) is 5.69 Å². The summed E-state index contributed by atoms with van der Waals surface area (Å²) in [6.45, 7) is 0. The number of nitrogens with one attached hydrogen (secondary N) is 1. The van der Waals surface area contributed by atoms with Gasteiger partial charge in [0.15, 0.2) is 0 Å². The summed E-state index contributed by atoms with van der Waals surface area (Å²) in [4.78, 5) is 23.5. The third-order valence-corrected chi connectivity index (χ3v) is 4.08. The van der Waals surface area contributed by atoms with Crippen molar-refractivity contribution in [3.63, 3.8) is 0 Å². The molecule has 7 heteroatoms. The van der Waals surface area contributed by atoms with Crippen LogP contribution in [0, 0.1) is 0 Å². The highest BCUT2D eigenvalue weighted by atomic mass is 79.9. The number of carboxylic acids is 1. The van der Waals surface area contributed by atoms with E-state index in [-0.39, 0.29) is 17.2 Å². The number of hydrogen-bond acceptors (Lipinski definition) is 4. The Bertz CT molecular complexity index is 724. The van der Waals surface area contributed by atoms with Crippen LogP contribution in [-0.4, -0.2) is 22.1 Å². The van der Waals surface area contributed by atoms with Gasteiger partial charge in [-0.2, -0.15) is 0 Å². The van der Waals surface area contributed by atoms with Gasteiger partial charge >= 0.3 is 5.97 Å². The van der Waals surface area contributed by atoms with Gasteiger partial charge < -0.3 is 15.5 Å². The number of benzene rings is 1. The largest absolute Gasteiger partial charge is 0.507 e. The molecule has 0 spiro atoms. The summed E-state index contributed by atoms with van der Waals surface area (Å²) in [5, 5.41) is 20.8. The molecular formula is C14H10BrNO4S. The lowest BCUT2D eigenvalue weighted by Crippen LogP contribution is -2.08. The van der Waals surface area contributed by atoms with Crippen LogP contribution < -0.4 is 5.32 Å². The molecule has 0 aliphatic heterocycles. The molecule has 0 radical (unpaired) electrons. The number of thiophene rings is 1. The van der Waals surface area contributed by atoms with Gasteiger partial charge in [0, 0.05) is 16.6 Å². The first-order valence-electron chi connectivity index (χ1n) is 5.76. The lowest BCUT2D eigenvalue weighted by molar-refractivity contribution is -0.111. The molecule has 0 atom stereocenters. The van der Waals surface area contributed by atoms with Crippen LogP contribution in [0.2, 0.25) is 0 Å². The number of carboxylic acid groups (broad SMARTS) is 1. The Morgan fingerprint density at radius 1 is 1.24 bits per heavy atom. The molecule has 3 N–H and O–H groups in total. The van der Waals surface area contributed by atoms with Gasteiger partial charge in [-0.25, -0.2) is 4.79 Å². The normalized spacial score (nSPS) is 10.7. The van der Waals surface area contributed by atoms with Crippen molar-refractivity contribution < 1.29 is 19.8 Å². The van der Waals surface area contributed by atoms with Gasteiger partial charge in [0.05, 0.1) is 3.79 Å². The maximum atomic E-state index is 11.7. The molecular weight excluding hydrogens is 358 g/mol. The fourth-order valence-corrected chi connectivity index (χ4v) is 2.87. The summed E-state index contributed by atoms with van der Waals surface area (Å²) >= 11 is 4.81. The minimum atomic E-state index is -1.26. The molecule has 0 saturated heterocycles. The standard InChI is InChI=1S/C14H10BrNO4S/c15-12-5-2-9(21-12)3-6-13(18)16-8-1-4-11(17)10(7-8)14(19)20/h1-7,17H,(H,16,18)(H,19,20)/b6-3+. The van der Waals surface area contributed by atoms with Gasteiger partial charge in [-0.05, 0) is 52.3 Å². The minimum absolute atomic E-state index is 0.265. The molecule has 5 nitrogen and oxygen atoms in total. The third-order valence-electron chi connectivity index (χ3n) is 2.49. The number of hydrogen-bond donors (Lipinski definition) is 3. The molecule has 0 aliphatic rings. The first-order valence-corrected chi connectivity index (χ1v) is 7.37. The molecule has 108 valence electrons. The molecule has 0 aliphatic carbocycles. The van der Waals surface area contributed by atoms with Crippen LogP contribution in [0.15, 0.2) is 40.2 Å². The molecule has 0 bridgehead atoms. The molecule has 2 rings (SSSR count). The number of aromatic hydroxyl groups is 1. The second-order valence-corrected chi connectivity index (χ2v) is 6.50. The number of amides is 1. The van der Waals surface area contributed by atoms with Crippen molar-refractivity contribution >= 4 is 50.9 Å². The number of carbonyl (C=O) groups is 2. The predicted octanol–water partition coefficient (Wildman–Crippen LogP) is 3.57. The smallest absolute Gasteiger partial charge is 0.339 e. The molecule has 1 aromatic carbocycles. The summed E-state index contributed by atoms with van der Waals surface area (Å²) in [7, 11) is 0. The minimum Gasteiger partial charge on any atom is -0.507 e. The third kappa shape index (κ3) is 4.17. The Morgan fingerprint density at radius 2 is 2.00 bits per heavy atom. The van der Waals surface area contributed by atoms with Crippen molar-refractivity contribution in [3.8, 4) is 5.75 Å². The summed E-state index contributed by atoms with van der Waals surface area (Å²) in [5.41, 5.74) is 0.0335. The molecule has 0 unspecified atom stereocenters. The number of rotatable bonds is 4. The van der Waals surface area contributed by atoms with Gasteiger partial charge in [0.1, 0.15) is 11.3 Å². The van der Waals surface area contributed by atoms with E-state index >= 15 is 0 Å². The van der Waals surface area contributed by atoms with Crippen molar-refractivity contribution in [2.24, 2.45) is 0 Å². The number of aromatic carboxylic acids is 1. The zero-order valence-corrected chi connectivity index (χ0v) is 12.9. The average molecular weight is 368 g/mol. The van der Waals surface area contributed by atoms with E-state index < -0.39 is 5.97 Å². The van der Waals surface area contributed by atoms with E-state index in [1.807, 2.05) is 12.1 Å². The zero-order chi connectivity index (χ0) is 15.4. The fraction of sp³-hybridized carbons (Fsp3) is 0. The van der Waals surface area contributed by atoms with Crippen LogP contribution in [0.3, 0.4) is 0 Å². The second kappa shape index (κ2) is 6.55. The first-order chi connectivity index (χ1) is 9.95. The summed E-state index contributed by atoms with van der Waals surface area (Å²) < 4.78 is 0.965. The fourth-order valence-electron chi connectivity index (χ4n) is 1.54. The highest BCUT2D eigenvalue weighted by Crippen LogP contribution is 2.23. The lowest BCUT2D eigenvalue weighted by Gasteiger charge is -2.05. The monoisotopic (exact) mass is 367 g/mol. The van der Waals surface area contributed by atoms with E-state index in [9.17, 15) is 14.7 Å². The van der Waals surface area contributed by atoms with Gasteiger partial charge in [-0.1, -0.05) is 0 Å². The van der Waals surface area contributed by atoms with Gasteiger partial charge in [-0.15, -0.1) is 11.3 Å². The van der Waals surface area contributed by atoms with Gasteiger partial charge in [0.2, 0.25) is 5.91 Å². The van der Waals surface area contributed by atoms with Crippen molar-refractivity contribution in [1.29, 1.82) is 0 Å². The Labute approximate surface area is 132 Å². The molecule has 21 heavy (non-hydrogen) atoms. The van der Waals surface area contributed by atoms with Crippen LogP contribution in [0.5, 0.6) is 5.75 Å². The van der Waals surface area contributed by atoms with Crippen molar-refractivity contribution in [2.75, 3.05) is 5.32 Å². The summed E-state index contributed by atoms with van der Waals surface area (Å²) in [6.07, 6.45) is 3.01. The summed E-state index contributed by atoms with van der Waals surface area (Å²) in [6, 6.07) is 7.59. The molecule has 0 saturated carbocycles. The van der Waals surface area contributed by atoms with E-state index in [2.05, 4.69) is 21.2 Å². The number of halogens is 1. The lowest BCUT2D eigenvalue weighted by atomic mass is 10.2. The topological polar surface area (TPSA) is 86.6 Å². The zero-order valence-electron chi connectivity index (χ0n) is 10.5. The van der Waals surface area contributed by atoms with Gasteiger partial charge in [0.25, 0.3) is 0 Å². The highest BCUT2D eigenvalue weighted by molar-refractivity contribution is 9.11. The Hall–Kier alpha value is -2.12. The van der Waals surface area contributed by atoms with Crippen LogP contribution in [0.1, 0.15) is 15.2 Å². The molecule has 1 aromatic heterocycles. The molecule has 1 amide bonds. The van der Waals surface area contributed by atoms with Crippen LogP contribution in [-0.2, 0) is 4.79 Å². The Morgan fingerprint density at radius 3 is 2.62 bits per heavy atom. The van der Waals surface area contributed by atoms with E-state index in [1.54, 1.807) is 6.08 Å². The Balaban J connectivity index is 2.07. The van der Waals surface area contributed by atoms with Gasteiger partial charge in [-0.3, -0.25) is 4.79 Å². The molecule has 2 aromatic rings. The second-order valence-electron chi connectivity index (χ2n) is 4.00. The average Bonchev–Trinajstić information content (AvgIpc) is 2.84. The molecule has 0 fully saturated rings. The van der Waals surface area contributed by atoms with Crippen molar-refractivity contribution in [1.82, 2.24) is 0 Å². The van der Waals surface area contributed by atoms with E-state index in [0.717, 1.165) is 8.66 Å². The first kappa shape index (κ1) is 15.3. The predicted molar refractivity (Wildman–Crippen MR) is 84.7 cm³/mol. The molecule has 1 heterocycles.